The third-order valence-electron chi connectivity index (χ3n) is 3.53. The minimum atomic E-state index is -0.272. The molecular formula is C18H23N5O2. The van der Waals surface area contributed by atoms with Crippen molar-refractivity contribution >= 4 is 11.8 Å². The highest BCUT2D eigenvalue weighted by Crippen LogP contribution is 2.04. The van der Waals surface area contributed by atoms with Crippen molar-refractivity contribution in [1.82, 2.24) is 25.5 Å². The topological polar surface area (TPSA) is 87.2 Å². The number of hydrogen-bond acceptors (Lipinski definition) is 5. The molecule has 2 rings (SSSR count). The van der Waals surface area contributed by atoms with E-state index in [0.717, 1.165) is 18.5 Å². The molecule has 132 valence electrons. The van der Waals surface area contributed by atoms with Crippen LogP contribution in [0, 0.1) is 0 Å². The Morgan fingerprint density at radius 1 is 1.00 bits per heavy atom. The summed E-state index contributed by atoms with van der Waals surface area (Å²) in [6.45, 7) is 1.87. The Kier molecular flexibility index (Phi) is 7.03. The van der Waals surface area contributed by atoms with E-state index in [-0.39, 0.29) is 11.8 Å². The third-order valence-corrected chi connectivity index (χ3v) is 3.53. The standard InChI is InChI=1S/C18H23N5O2/c1-23(2)9-3-6-21-17(24)15-10-16(13-20-12-15)18(25)22-11-14-4-7-19-8-5-14/h4-5,7-8,10,12-13H,3,6,9,11H2,1-2H3,(H,21,24)(H,22,25). The molecule has 2 aromatic rings. The van der Waals surface area contributed by atoms with E-state index < -0.39 is 0 Å². The molecular weight excluding hydrogens is 318 g/mol. The van der Waals surface area contributed by atoms with Gasteiger partial charge in [-0.2, -0.15) is 0 Å². The molecule has 0 aliphatic rings. The van der Waals surface area contributed by atoms with Crippen LogP contribution in [0.4, 0.5) is 0 Å². The van der Waals surface area contributed by atoms with Gasteiger partial charge in [0.1, 0.15) is 0 Å². The fourth-order valence-corrected chi connectivity index (χ4v) is 2.17. The van der Waals surface area contributed by atoms with E-state index in [1.165, 1.54) is 12.4 Å². The molecule has 0 bridgehead atoms. The van der Waals surface area contributed by atoms with Crippen LogP contribution in [0.15, 0.2) is 43.0 Å². The molecule has 2 N–H and O–H groups in total. The second kappa shape index (κ2) is 9.48. The van der Waals surface area contributed by atoms with E-state index in [9.17, 15) is 9.59 Å². The van der Waals surface area contributed by atoms with Crippen molar-refractivity contribution in [2.45, 2.75) is 13.0 Å². The van der Waals surface area contributed by atoms with Gasteiger partial charge in [-0.25, -0.2) is 0 Å². The molecule has 7 nitrogen and oxygen atoms in total. The molecule has 0 atom stereocenters. The molecule has 25 heavy (non-hydrogen) atoms. The first kappa shape index (κ1) is 18.5. The summed E-state index contributed by atoms with van der Waals surface area (Å²) in [4.78, 5) is 34.4. The second-order valence-corrected chi connectivity index (χ2v) is 5.91. The summed E-state index contributed by atoms with van der Waals surface area (Å²) in [6.07, 6.45) is 7.11. The second-order valence-electron chi connectivity index (χ2n) is 5.91. The average molecular weight is 341 g/mol. The predicted molar refractivity (Wildman–Crippen MR) is 95.1 cm³/mol. The molecule has 0 aliphatic carbocycles. The lowest BCUT2D eigenvalue weighted by Crippen LogP contribution is -2.28. The van der Waals surface area contributed by atoms with Crippen molar-refractivity contribution in [1.29, 1.82) is 0 Å². The minimum Gasteiger partial charge on any atom is -0.352 e. The zero-order valence-corrected chi connectivity index (χ0v) is 14.5. The summed E-state index contributed by atoms with van der Waals surface area (Å²) in [5.41, 5.74) is 1.68. The summed E-state index contributed by atoms with van der Waals surface area (Å²) in [5, 5.41) is 5.64. The van der Waals surface area contributed by atoms with Crippen molar-refractivity contribution in [3.05, 3.63) is 59.7 Å². The first-order chi connectivity index (χ1) is 12.1. The molecule has 0 aromatic carbocycles. The van der Waals surface area contributed by atoms with Gasteiger partial charge in [0.05, 0.1) is 11.1 Å². The fraction of sp³-hybridized carbons (Fsp3) is 0.333. The molecule has 0 saturated heterocycles. The monoisotopic (exact) mass is 341 g/mol. The van der Waals surface area contributed by atoms with E-state index in [0.29, 0.717) is 24.2 Å². The average Bonchev–Trinajstić information content (AvgIpc) is 2.64. The van der Waals surface area contributed by atoms with Gasteiger partial charge in [0, 0.05) is 37.9 Å². The van der Waals surface area contributed by atoms with Crippen LogP contribution >= 0.6 is 0 Å². The molecule has 0 radical (unpaired) electrons. The number of amides is 2. The maximum absolute atomic E-state index is 12.2. The number of pyridine rings is 2. The third kappa shape index (κ3) is 6.31. The van der Waals surface area contributed by atoms with Gasteiger partial charge >= 0.3 is 0 Å². The van der Waals surface area contributed by atoms with Crippen LogP contribution in [0.3, 0.4) is 0 Å². The summed E-state index contributed by atoms with van der Waals surface area (Å²) in [6, 6.07) is 5.21. The Balaban J connectivity index is 1.88. The van der Waals surface area contributed by atoms with E-state index in [4.69, 9.17) is 0 Å². The molecule has 0 aliphatic heterocycles. The van der Waals surface area contributed by atoms with Crippen molar-refractivity contribution < 1.29 is 9.59 Å². The van der Waals surface area contributed by atoms with Crippen molar-refractivity contribution in [2.24, 2.45) is 0 Å². The summed E-state index contributed by atoms with van der Waals surface area (Å²) in [7, 11) is 3.97. The van der Waals surface area contributed by atoms with Crippen molar-refractivity contribution in [3.8, 4) is 0 Å². The Morgan fingerprint density at radius 3 is 2.28 bits per heavy atom. The highest BCUT2D eigenvalue weighted by atomic mass is 16.2. The van der Waals surface area contributed by atoms with E-state index >= 15 is 0 Å². The highest BCUT2D eigenvalue weighted by Gasteiger charge is 2.11. The summed E-state index contributed by atoms with van der Waals surface area (Å²) < 4.78 is 0. The van der Waals surface area contributed by atoms with E-state index in [2.05, 4.69) is 25.5 Å². The number of hydrogen-bond donors (Lipinski definition) is 2. The SMILES string of the molecule is CN(C)CCCNC(=O)c1cncc(C(=O)NCc2ccncc2)c1. The van der Waals surface area contributed by atoms with Gasteiger partial charge in [-0.3, -0.25) is 19.6 Å². The number of carbonyl (C=O) groups excluding carboxylic acids is 2. The van der Waals surface area contributed by atoms with Crippen LogP contribution in [-0.4, -0.2) is 53.9 Å². The molecule has 2 amide bonds. The molecule has 0 unspecified atom stereocenters. The fourth-order valence-electron chi connectivity index (χ4n) is 2.17. The van der Waals surface area contributed by atoms with E-state index in [1.807, 2.05) is 26.2 Å². The number of aromatic nitrogens is 2. The maximum Gasteiger partial charge on any atom is 0.253 e. The maximum atomic E-state index is 12.2. The molecule has 2 aromatic heterocycles. The Hall–Kier alpha value is -2.80. The Morgan fingerprint density at radius 2 is 1.64 bits per heavy atom. The lowest BCUT2D eigenvalue weighted by atomic mass is 10.1. The van der Waals surface area contributed by atoms with Crippen LogP contribution in [0.1, 0.15) is 32.7 Å². The molecule has 7 heteroatoms. The van der Waals surface area contributed by atoms with Crippen LogP contribution in [-0.2, 0) is 6.54 Å². The lowest BCUT2D eigenvalue weighted by molar-refractivity contribution is 0.0950. The van der Waals surface area contributed by atoms with Crippen molar-refractivity contribution in [2.75, 3.05) is 27.2 Å². The van der Waals surface area contributed by atoms with Crippen LogP contribution in [0.25, 0.3) is 0 Å². The molecule has 0 spiro atoms. The quantitative estimate of drug-likeness (QED) is 0.702. The Bertz CT molecular complexity index is 704. The minimum absolute atomic E-state index is 0.227. The van der Waals surface area contributed by atoms with Gasteiger partial charge in [-0.1, -0.05) is 0 Å². The molecule has 0 saturated carbocycles. The van der Waals surface area contributed by atoms with Gasteiger partial charge in [0.15, 0.2) is 0 Å². The number of carbonyl (C=O) groups is 2. The Labute approximate surface area is 147 Å². The zero-order chi connectivity index (χ0) is 18.1. The van der Waals surface area contributed by atoms with Crippen LogP contribution in [0.2, 0.25) is 0 Å². The lowest BCUT2D eigenvalue weighted by Gasteiger charge is -2.10. The van der Waals surface area contributed by atoms with Gasteiger partial charge < -0.3 is 15.5 Å². The van der Waals surface area contributed by atoms with Crippen molar-refractivity contribution in [3.63, 3.8) is 0 Å². The molecule has 0 fully saturated rings. The van der Waals surface area contributed by atoms with E-state index in [1.54, 1.807) is 18.5 Å². The smallest absolute Gasteiger partial charge is 0.253 e. The zero-order valence-electron chi connectivity index (χ0n) is 14.5. The first-order valence-corrected chi connectivity index (χ1v) is 8.11. The number of rotatable bonds is 8. The van der Waals surface area contributed by atoms with Crippen LogP contribution < -0.4 is 10.6 Å². The molecule has 2 heterocycles. The highest BCUT2D eigenvalue weighted by molar-refractivity contribution is 5.99. The first-order valence-electron chi connectivity index (χ1n) is 8.11. The number of nitrogens with one attached hydrogen (secondary N) is 2. The van der Waals surface area contributed by atoms with Gasteiger partial charge in [0.2, 0.25) is 0 Å². The van der Waals surface area contributed by atoms with Gasteiger partial charge in [-0.15, -0.1) is 0 Å². The normalized spacial score (nSPS) is 10.5. The largest absolute Gasteiger partial charge is 0.352 e. The van der Waals surface area contributed by atoms with Gasteiger partial charge in [-0.05, 0) is 50.8 Å². The number of nitrogens with zero attached hydrogens (tertiary/aromatic N) is 3. The van der Waals surface area contributed by atoms with Crippen LogP contribution in [0.5, 0.6) is 0 Å². The predicted octanol–water partition coefficient (Wildman–Crippen LogP) is 1.09. The summed E-state index contributed by atoms with van der Waals surface area (Å²) >= 11 is 0. The van der Waals surface area contributed by atoms with Gasteiger partial charge in [0.25, 0.3) is 11.8 Å². The summed E-state index contributed by atoms with van der Waals surface area (Å²) in [5.74, 6) is -0.499.